The molecule has 94 valence electrons. The molecule has 0 unspecified atom stereocenters. The van der Waals surface area contributed by atoms with Gasteiger partial charge in [-0.2, -0.15) is 0 Å². The van der Waals surface area contributed by atoms with Crippen molar-refractivity contribution in [3.63, 3.8) is 0 Å². The number of carbonyl (C=O) groups excluding carboxylic acids is 1. The molecule has 0 aromatic carbocycles. The smallest absolute Gasteiger partial charge is 0.255 e. The number of rotatable bonds is 4. The summed E-state index contributed by atoms with van der Waals surface area (Å²) in [5.74, 6) is -0.167. The summed E-state index contributed by atoms with van der Waals surface area (Å²) in [7, 11) is 0. The summed E-state index contributed by atoms with van der Waals surface area (Å²) in [4.78, 5) is 23.6. The Hall–Kier alpha value is -1.62. The van der Waals surface area contributed by atoms with Crippen LogP contribution in [0, 0.1) is 6.92 Å². The fraction of sp³-hybridized carbons (Fsp3) is 0.500. The molecule has 0 aliphatic heterocycles. The largest absolute Gasteiger partial charge is 0.352 e. The predicted octanol–water partition coefficient (Wildman–Crippen LogP) is 0.140. The second-order valence-corrected chi connectivity index (χ2v) is 4.32. The second-order valence-electron chi connectivity index (χ2n) is 4.32. The van der Waals surface area contributed by atoms with Crippen molar-refractivity contribution in [2.75, 3.05) is 0 Å². The molecular weight excluding hydrogens is 218 g/mol. The highest BCUT2D eigenvalue weighted by molar-refractivity contribution is 5.76. The fourth-order valence-electron chi connectivity index (χ4n) is 1.58. The molecule has 3 N–H and O–H groups in total. The third-order valence-electron chi connectivity index (χ3n) is 2.44. The monoisotopic (exact) mass is 237 g/mol. The van der Waals surface area contributed by atoms with E-state index in [-0.39, 0.29) is 30.6 Å². The standard InChI is InChI=1S/C12H19N3O2/c1-8(2)14-11(16)7-15-9(3)4-5-10(6-13)12(15)17/h4-5,8H,6-7,13H2,1-3H3,(H,14,16). The van der Waals surface area contributed by atoms with E-state index in [1.807, 2.05) is 13.8 Å². The first kappa shape index (κ1) is 13.4. The number of nitrogens with zero attached hydrogens (tertiary/aromatic N) is 1. The van der Waals surface area contributed by atoms with Gasteiger partial charge in [-0.3, -0.25) is 9.59 Å². The maximum Gasteiger partial charge on any atom is 0.255 e. The van der Waals surface area contributed by atoms with Gasteiger partial charge in [0.25, 0.3) is 5.56 Å². The van der Waals surface area contributed by atoms with Gasteiger partial charge in [0.1, 0.15) is 6.54 Å². The minimum Gasteiger partial charge on any atom is -0.352 e. The molecule has 0 atom stereocenters. The predicted molar refractivity (Wildman–Crippen MR) is 66.6 cm³/mol. The SMILES string of the molecule is Cc1ccc(CN)c(=O)n1CC(=O)NC(C)C. The number of carbonyl (C=O) groups is 1. The summed E-state index contributed by atoms with van der Waals surface area (Å²) >= 11 is 0. The quantitative estimate of drug-likeness (QED) is 0.782. The fourth-order valence-corrected chi connectivity index (χ4v) is 1.58. The van der Waals surface area contributed by atoms with Gasteiger partial charge >= 0.3 is 0 Å². The molecule has 1 heterocycles. The Morgan fingerprint density at radius 2 is 2.12 bits per heavy atom. The zero-order chi connectivity index (χ0) is 13.0. The van der Waals surface area contributed by atoms with Gasteiger partial charge < -0.3 is 15.6 Å². The van der Waals surface area contributed by atoms with Crippen LogP contribution < -0.4 is 16.6 Å². The van der Waals surface area contributed by atoms with Crippen molar-refractivity contribution in [2.24, 2.45) is 5.73 Å². The minimum atomic E-state index is -0.189. The lowest BCUT2D eigenvalue weighted by molar-refractivity contribution is -0.122. The Labute approximate surface area is 101 Å². The Morgan fingerprint density at radius 1 is 1.47 bits per heavy atom. The molecule has 1 rings (SSSR count). The summed E-state index contributed by atoms with van der Waals surface area (Å²) in [6.07, 6.45) is 0. The average molecular weight is 237 g/mol. The van der Waals surface area contributed by atoms with Crippen molar-refractivity contribution in [3.05, 3.63) is 33.7 Å². The lowest BCUT2D eigenvalue weighted by Crippen LogP contribution is -2.37. The normalized spacial score (nSPS) is 10.6. The van der Waals surface area contributed by atoms with Gasteiger partial charge in [-0.05, 0) is 26.8 Å². The lowest BCUT2D eigenvalue weighted by Gasteiger charge is -2.13. The third-order valence-corrected chi connectivity index (χ3v) is 2.44. The van der Waals surface area contributed by atoms with E-state index < -0.39 is 0 Å². The maximum absolute atomic E-state index is 11.9. The Bertz CT molecular complexity index is 463. The van der Waals surface area contributed by atoms with Gasteiger partial charge in [0.05, 0.1) is 0 Å². The van der Waals surface area contributed by atoms with Crippen molar-refractivity contribution in [3.8, 4) is 0 Å². The molecule has 0 fully saturated rings. The van der Waals surface area contributed by atoms with Crippen molar-refractivity contribution in [1.82, 2.24) is 9.88 Å². The Morgan fingerprint density at radius 3 is 2.65 bits per heavy atom. The van der Waals surface area contributed by atoms with Crippen LogP contribution in [0.3, 0.4) is 0 Å². The topological polar surface area (TPSA) is 77.1 Å². The number of hydrogen-bond acceptors (Lipinski definition) is 3. The molecule has 0 saturated heterocycles. The van der Waals surface area contributed by atoms with E-state index in [0.717, 1.165) is 5.69 Å². The van der Waals surface area contributed by atoms with E-state index in [0.29, 0.717) is 5.56 Å². The molecular formula is C12H19N3O2. The summed E-state index contributed by atoms with van der Waals surface area (Å²) in [6.45, 7) is 5.78. The van der Waals surface area contributed by atoms with Gasteiger partial charge in [0.2, 0.25) is 5.91 Å². The molecule has 0 spiro atoms. The Kier molecular flexibility index (Phi) is 4.45. The van der Waals surface area contributed by atoms with E-state index in [9.17, 15) is 9.59 Å². The molecule has 0 bridgehead atoms. The van der Waals surface area contributed by atoms with Crippen LogP contribution in [0.2, 0.25) is 0 Å². The van der Waals surface area contributed by atoms with Crippen LogP contribution in [0.5, 0.6) is 0 Å². The third kappa shape index (κ3) is 3.42. The average Bonchev–Trinajstić information content (AvgIpc) is 2.23. The van der Waals surface area contributed by atoms with Crippen molar-refractivity contribution >= 4 is 5.91 Å². The molecule has 5 nitrogen and oxygen atoms in total. The van der Waals surface area contributed by atoms with Crippen molar-refractivity contribution < 1.29 is 4.79 Å². The van der Waals surface area contributed by atoms with Gasteiger partial charge in [-0.25, -0.2) is 0 Å². The van der Waals surface area contributed by atoms with E-state index in [1.165, 1.54) is 4.57 Å². The molecule has 1 amide bonds. The summed E-state index contributed by atoms with van der Waals surface area (Å²) in [6, 6.07) is 3.57. The zero-order valence-corrected chi connectivity index (χ0v) is 10.5. The molecule has 1 aromatic heterocycles. The number of hydrogen-bond donors (Lipinski definition) is 2. The molecule has 5 heteroatoms. The number of aromatic nitrogens is 1. The number of nitrogens with one attached hydrogen (secondary N) is 1. The highest BCUT2D eigenvalue weighted by Gasteiger charge is 2.09. The van der Waals surface area contributed by atoms with Gasteiger partial charge in [-0.15, -0.1) is 0 Å². The second kappa shape index (κ2) is 5.63. The first-order valence-corrected chi connectivity index (χ1v) is 5.64. The number of aryl methyl sites for hydroxylation is 1. The lowest BCUT2D eigenvalue weighted by atomic mass is 10.2. The maximum atomic E-state index is 11.9. The van der Waals surface area contributed by atoms with Crippen LogP contribution >= 0.6 is 0 Å². The zero-order valence-electron chi connectivity index (χ0n) is 10.5. The molecule has 0 aliphatic rings. The van der Waals surface area contributed by atoms with Crippen molar-refractivity contribution in [1.29, 1.82) is 0 Å². The Balaban J connectivity index is 2.98. The molecule has 0 saturated carbocycles. The molecule has 1 aromatic rings. The molecule has 0 radical (unpaired) electrons. The van der Waals surface area contributed by atoms with Crippen LogP contribution in [0.1, 0.15) is 25.1 Å². The van der Waals surface area contributed by atoms with E-state index in [1.54, 1.807) is 19.1 Å². The number of pyridine rings is 1. The summed E-state index contributed by atoms with van der Waals surface area (Å²) in [5, 5.41) is 2.75. The summed E-state index contributed by atoms with van der Waals surface area (Å²) in [5.41, 5.74) is 6.56. The van der Waals surface area contributed by atoms with Crippen LogP contribution in [-0.2, 0) is 17.9 Å². The van der Waals surface area contributed by atoms with E-state index in [4.69, 9.17) is 5.73 Å². The number of amides is 1. The van der Waals surface area contributed by atoms with Crippen LogP contribution in [-0.4, -0.2) is 16.5 Å². The van der Waals surface area contributed by atoms with E-state index in [2.05, 4.69) is 5.32 Å². The molecule has 17 heavy (non-hydrogen) atoms. The number of nitrogens with two attached hydrogens (primary N) is 1. The first-order valence-electron chi connectivity index (χ1n) is 5.64. The van der Waals surface area contributed by atoms with Crippen LogP contribution in [0.25, 0.3) is 0 Å². The van der Waals surface area contributed by atoms with E-state index >= 15 is 0 Å². The first-order chi connectivity index (χ1) is 7.95. The molecule has 0 aliphatic carbocycles. The highest BCUT2D eigenvalue weighted by Crippen LogP contribution is 1.98. The van der Waals surface area contributed by atoms with Gasteiger partial charge in [0.15, 0.2) is 0 Å². The van der Waals surface area contributed by atoms with Crippen molar-refractivity contribution in [2.45, 2.75) is 39.9 Å². The van der Waals surface area contributed by atoms with Crippen LogP contribution in [0.15, 0.2) is 16.9 Å². The van der Waals surface area contributed by atoms with Gasteiger partial charge in [0, 0.05) is 23.8 Å². The van der Waals surface area contributed by atoms with Gasteiger partial charge in [-0.1, -0.05) is 6.07 Å². The highest BCUT2D eigenvalue weighted by atomic mass is 16.2. The van der Waals surface area contributed by atoms with Crippen LogP contribution in [0.4, 0.5) is 0 Å². The minimum absolute atomic E-state index is 0.0384. The summed E-state index contributed by atoms with van der Waals surface area (Å²) < 4.78 is 1.44.